The summed E-state index contributed by atoms with van der Waals surface area (Å²) in [4.78, 5) is 35.7. The van der Waals surface area contributed by atoms with E-state index in [0.29, 0.717) is 6.54 Å². The number of halogens is 1. The van der Waals surface area contributed by atoms with Gasteiger partial charge in [-0.1, -0.05) is 12.1 Å². The van der Waals surface area contributed by atoms with Gasteiger partial charge in [0.05, 0.1) is 11.6 Å². The van der Waals surface area contributed by atoms with Crippen LogP contribution in [0.3, 0.4) is 0 Å². The predicted molar refractivity (Wildman–Crippen MR) is 117 cm³/mol. The highest BCUT2D eigenvalue weighted by atomic mass is 19.1. The number of nitrogens with one attached hydrogen (secondary N) is 1. The van der Waals surface area contributed by atoms with E-state index in [2.05, 4.69) is 27.1 Å². The molecule has 31 heavy (non-hydrogen) atoms. The van der Waals surface area contributed by atoms with Crippen LogP contribution >= 0.6 is 0 Å². The van der Waals surface area contributed by atoms with Gasteiger partial charge in [0.25, 0.3) is 0 Å². The van der Waals surface area contributed by atoms with Crippen molar-refractivity contribution in [2.75, 3.05) is 49.6 Å². The summed E-state index contributed by atoms with van der Waals surface area (Å²) in [5.74, 6) is -0.487. The van der Waals surface area contributed by atoms with Gasteiger partial charge >= 0.3 is 0 Å². The van der Waals surface area contributed by atoms with E-state index in [1.54, 1.807) is 25.3 Å². The van der Waals surface area contributed by atoms with Crippen molar-refractivity contribution in [3.63, 3.8) is 0 Å². The Morgan fingerprint density at radius 3 is 2.74 bits per heavy atom. The number of aromatic nitrogens is 1. The zero-order chi connectivity index (χ0) is 22.0. The highest BCUT2D eigenvalue weighted by molar-refractivity contribution is 6.00. The summed E-state index contributed by atoms with van der Waals surface area (Å²) in [5.41, 5.74) is 1.97. The third-order valence-electron chi connectivity index (χ3n) is 6.01. The van der Waals surface area contributed by atoms with Gasteiger partial charge in [-0.3, -0.25) is 9.59 Å². The summed E-state index contributed by atoms with van der Waals surface area (Å²) >= 11 is 0. The van der Waals surface area contributed by atoms with Crippen LogP contribution in [0.25, 0.3) is 0 Å². The van der Waals surface area contributed by atoms with E-state index >= 15 is 0 Å². The molecule has 3 heterocycles. The third-order valence-corrected chi connectivity index (χ3v) is 6.01. The topological polar surface area (TPSA) is 68.8 Å². The average molecular weight is 426 g/mol. The van der Waals surface area contributed by atoms with E-state index in [4.69, 9.17) is 0 Å². The van der Waals surface area contributed by atoms with E-state index in [1.807, 2.05) is 12.1 Å². The van der Waals surface area contributed by atoms with Gasteiger partial charge in [0.2, 0.25) is 11.8 Å². The summed E-state index contributed by atoms with van der Waals surface area (Å²) < 4.78 is 14.3. The van der Waals surface area contributed by atoms with E-state index < -0.39 is 11.7 Å². The van der Waals surface area contributed by atoms with Crippen LogP contribution < -0.4 is 15.1 Å². The summed E-state index contributed by atoms with van der Waals surface area (Å²) in [5, 5.41) is 2.96. The number of hydrogen-bond acceptors (Lipinski definition) is 5. The Morgan fingerprint density at radius 2 is 2.00 bits per heavy atom. The van der Waals surface area contributed by atoms with Crippen molar-refractivity contribution in [1.29, 1.82) is 0 Å². The molecule has 1 aromatic carbocycles. The number of likely N-dealkylation sites (N-methyl/N-ethyl adjacent to an activating group) is 1. The first-order valence-electron chi connectivity index (χ1n) is 10.6. The highest BCUT2D eigenvalue weighted by Gasteiger charge is 2.36. The minimum atomic E-state index is -0.503. The van der Waals surface area contributed by atoms with Crippen LogP contribution in [-0.4, -0.2) is 61.5 Å². The second-order valence-electron chi connectivity index (χ2n) is 8.35. The van der Waals surface area contributed by atoms with Gasteiger partial charge in [-0.15, -0.1) is 0 Å². The molecule has 4 rings (SSSR count). The molecule has 2 aliphatic heterocycles. The lowest BCUT2D eigenvalue weighted by Gasteiger charge is -2.34. The quantitative estimate of drug-likeness (QED) is 0.793. The number of anilines is 2. The van der Waals surface area contributed by atoms with Crippen molar-refractivity contribution >= 4 is 23.3 Å². The zero-order valence-corrected chi connectivity index (χ0v) is 18.0. The third kappa shape index (κ3) is 4.69. The second kappa shape index (κ2) is 9.01. The first-order valence-corrected chi connectivity index (χ1v) is 10.6. The number of carbonyl (C=O) groups is 2. The van der Waals surface area contributed by atoms with Crippen molar-refractivity contribution in [2.24, 2.45) is 5.92 Å². The number of amides is 2. The largest absolute Gasteiger partial charge is 0.354 e. The number of hydrogen-bond donors (Lipinski definition) is 1. The minimum absolute atomic E-state index is 0.0809. The van der Waals surface area contributed by atoms with Crippen molar-refractivity contribution in [3.05, 3.63) is 53.5 Å². The number of benzene rings is 1. The lowest BCUT2D eigenvalue weighted by molar-refractivity contribution is -0.126. The molecule has 2 aliphatic rings. The number of rotatable bonds is 5. The van der Waals surface area contributed by atoms with Crippen molar-refractivity contribution in [3.8, 4) is 0 Å². The normalized spacial score (nSPS) is 19.7. The molecular weight excluding hydrogens is 397 g/mol. The van der Waals surface area contributed by atoms with Gasteiger partial charge in [-0.25, -0.2) is 9.37 Å². The molecule has 1 unspecified atom stereocenters. The molecule has 2 aromatic rings. The Morgan fingerprint density at radius 1 is 1.23 bits per heavy atom. The monoisotopic (exact) mass is 425 g/mol. The fourth-order valence-electron chi connectivity index (χ4n) is 4.14. The van der Waals surface area contributed by atoms with Crippen LogP contribution in [0.5, 0.6) is 0 Å². The molecule has 2 saturated heterocycles. The Bertz CT molecular complexity index is 974. The molecule has 7 nitrogen and oxygen atoms in total. The SMILES string of the molecule is Cc1ccc(N2CC(C(=O)NCc3cccnc3N3CCN(C)CC3)CC2=O)c(F)c1. The number of piperazine rings is 1. The van der Waals surface area contributed by atoms with Crippen LogP contribution in [0.15, 0.2) is 36.5 Å². The standard InChI is InChI=1S/C23H28FN5O2/c1-16-5-6-20(19(24)12-16)29-15-18(13-21(29)30)23(31)26-14-17-4-3-7-25-22(17)28-10-8-27(2)9-11-28/h3-7,12,18H,8-11,13-15H2,1-2H3,(H,26,31). The molecule has 1 N–H and O–H groups in total. The first-order chi connectivity index (χ1) is 14.9. The van der Waals surface area contributed by atoms with Gasteiger partial charge < -0.3 is 20.0 Å². The lowest BCUT2D eigenvalue weighted by atomic mass is 10.1. The predicted octanol–water partition coefficient (Wildman–Crippen LogP) is 1.95. The van der Waals surface area contributed by atoms with Gasteiger partial charge in [0.1, 0.15) is 11.6 Å². The van der Waals surface area contributed by atoms with Crippen LogP contribution in [0.4, 0.5) is 15.9 Å². The van der Waals surface area contributed by atoms with Gasteiger partial charge in [0, 0.05) is 57.4 Å². The summed E-state index contributed by atoms with van der Waals surface area (Å²) in [6.07, 6.45) is 1.85. The average Bonchev–Trinajstić information content (AvgIpc) is 3.14. The second-order valence-corrected chi connectivity index (χ2v) is 8.35. The van der Waals surface area contributed by atoms with Crippen LogP contribution in [-0.2, 0) is 16.1 Å². The Kier molecular flexibility index (Phi) is 6.18. The zero-order valence-electron chi connectivity index (χ0n) is 18.0. The number of nitrogens with zero attached hydrogens (tertiary/aromatic N) is 4. The van der Waals surface area contributed by atoms with Gasteiger partial charge in [0.15, 0.2) is 0 Å². The van der Waals surface area contributed by atoms with Crippen molar-refractivity contribution in [2.45, 2.75) is 19.9 Å². The smallest absolute Gasteiger partial charge is 0.227 e. The fourth-order valence-corrected chi connectivity index (χ4v) is 4.14. The molecule has 1 aromatic heterocycles. The molecule has 2 fully saturated rings. The maximum Gasteiger partial charge on any atom is 0.227 e. The van der Waals surface area contributed by atoms with E-state index in [9.17, 15) is 14.0 Å². The molecule has 164 valence electrons. The Balaban J connectivity index is 1.39. The maximum absolute atomic E-state index is 14.3. The molecule has 0 saturated carbocycles. The lowest BCUT2D eigenvalue weighted by Crippen LogP contribution is -2.45. The van der Waals surface area contributed by atoms with Crippen molar-refractivity contribution < 1.29 is 14.0 Å². The van der Waals surface area contributed by atoms with Crippen LogP contribution in [0, 0.1) is 18.7 Å². The minimum Gasteiger partial charge on any atom is -0.354 e. The molecule has 0 aliphatic carbocycles. The number of aryl methyl sites for hydroxylation is 1. The molecule has 1 atom stereocenters. The highest BCUT2D eigenvalue weighted by Crippen LogP contribution is 2.28. The summed E-state index contributed by atoms with van der Waals surface area (Å²) in [6.45, 7) is 6.05. The first kappa shape index (κ1) is 21.2. The summed E-state index contributed by atoms with van der Waals surface area (Å²) in [7, 11) is 2.10. The number of carbonyl (C=O) groups excluding carboxylic acids is 2. The molecular formula is C23H28FN5O2. The Labute approximate surface area is 181 Å². The molecule has 0 bridgehead atoms. The maximum atomic E-state index is 14.3. The summed E-state index contributed by atoms with van der Waals surface area (Å²) in [6, 6.07) is 8.59. The van der Waals surface area contributed by atoms with Gasteiger partial charge in [-0.05, 0) is 37.7 Å². The van der Waals surface area contributed by atoms with Crippen molar-refractivity contribution in [1.82, 2.24) is 15.2 Å². The van der Waals surface area contributed by atoms with Crippen LogP contribution in [0.1, 0.15) is 17.5 Å². The van der Waals surface area contributed by atoms with Gasteiger partial charge in [-0.2, -0.15) is 0 Å². The molecule has 0 spiro atoms. The fraction of sp³-hybridized carbons (Fsp3) is 0.435. The molecule has 8 heteroatoms. The number of pyridine rings is 1. The van der Waals surface area contributed by atoms with E-state index in [1.165, 1.54) is 11.0 Å². The van der Waals surface area contributed by atoms with Crippen LogP contribution in [0.2, 0.25) is 0 Å². The Hall–Kier alpha value is -3.00. The molecule has 0 radical (unpaired) electrons. The van der Waals surface area contributed by atoms with E-state index in [-0.39, 0.29) is 30.5 Å². The molecule has 2 amide bonds. The van der Waals surface area contributed by atoms with E-state index in [0.717, 1.165) is 43.1 Å².